The largest absolute Gasteiger partial charge is 0.396 e. The molecule has 0 unspecified atom stereocenters. The van der Waals surface area contributed by atoms with Crippen molar-refractivity contribution < 1.29 is 9.90 Å². The molecule has 0 aliphatic rings. The highest BCUT2D eigenvalue weighted by Gasteiger charge is 1.93. The molecule has 64 valence electrons. The maximum absolute atomic E-state index is 10.3. The van der Waals surface area contributed by atoms with Crippen molar-refractivity contribution in [1.82, 2.24) is 0 Å². The van der Waals surface area contributed by atoms with Gasteiger partial charge in [0.05, 0.1) is 4.88 Å². The Morgan fingerprint density at radius 3 is 3.00 bits per heavy atom. The minimum atomic E-state index is 0.168. The first-order valence-corrected chi connectivity index (χ1v) is 4.56. The summed E-state index contributed by atoms with van der Waals surface area (Å²) in [6, 6.07) is 1.82. The van der Waals surface area contributed by atoms with Crippen LogP contribution in [0.3, 0.4) is 0 Å². The summed E-state index contributed by atoms with van der Waals surface area (Å²) in [4.78, 5) is 11.0. The highest BCUT2D eigenvalue weighted by molar-refractivity contribution is 7.11. The van der Waals surface area contributed by atoms with Gasteiger partial charge in [0, 0.05) is 6.61 Å². The summed E-state index contributed by atoms with van der Waals surface area (Å²) >= 11 is 1.43. The number of carbonyl (C=O) groups is 1. The topological polar surface area (TPSA) is 37.3 Å². The molecule has 2 nitrogen and oxygen atoms in total. The highest BCUT2D eigenvalue weighted by atomic mass is 32.1. The normalized spacial score (nSPS) is 10.8. The zero-order valence-electron chi connectivity index (χ0n) is 6.56. The van der Waals surface area contributed by atoms with E-state index in [1.54, 1.807) is 0 Å². The van der Waals surface area contributed by atoms with Crippen LogP contribution in [0.15, 0.2) is 17.5 Å². The lowest BCUT2D eigenvalue weighted by atomic mass is 10.2. The third kappa shape index (κ3) is 2.60. The Morgan fingerprint density at radius 1 is 1.58 bits per heavy atom. The molecule has 12 heavy (non-hydrogen) atoms. The second-order valence-corrected chi connectivity index (χ2v) is 3.26. The number of aliphatic hydroxyl groups is 1. The van der Waals surface area contributed by atoms with E-state index >= 15 is 0 Å². The van der Waals surface area contributed by atoms with Crippen LogP contribution in [-0.4, -0.2) is 18.0 Å². The summed E-state index contributed by atoms with van der Waals surface area (Å²) < 4.78 is 0. The molecule has 0 fully saturated rings. The number of hydrogen-bond acceptors (Lipinski definition) is 3. The van der Waals surface area contributed by atoms with Gasteiger partial charge in [-0.15, -0.1) is 11.3 Å². The Kier molecular flexibility index (Phi) is 3.70. The number of carbonyl (C=O) groups excluding carboxylic acids is 1. The van der Waals surface area contributed by atoms with Crippen LogP contribution < -0.4 is 0 Å². The minimum absolute atomic E-state index is 0.168. The van der Waals surface area contributed by atoms with Crippen molar-refractivity contribution >= 4 is 23.7 Å². The third-order valence-electron chi connectivity index (χ3n) is 1.36. The minimum Gasteiger partial charge on any atom is -0.396 e. The molecule has 0 amide bonds. The SMILES string of the molecule is O=Cc1cc(C=CCCO)cs1. The molecule has 0 saturated carbocycles. The molecule has 0 radical (unpaired) electrons. The van der Waals surface area contributed by atoms with E-state index in [9.17, 15) is 4.79 Å². The first kappa shape index (κ1) is 9.16. The van der Waals surface area contributed by atoms with E-state index in [2.05, 4.69) is 0 Å². The van der Waals surface area contributed by atoms with Crippen molar-refractivity contribution in [1.29, 1.82) is 0 Å². The number of hydrogen-bond donors (Lipinski definition) is 1. The lowest BCUT2D eigenvalue weighted by Crippen LogP contribution is -1.74. The van der Waals surface area contributed by atoms with Crippen molar-refractivity contribution in [3.05, 3.63) is 28.0 Å². The van der Waals surface area contributed by atoms with Crippen LogP contribution in [0.1, 0.15) is 21.7 Å². The van der Waals surface area contributed by atoms with E-state index in [4.69, 9.17) is 5.11 Å². The van der Waals surface area contributed by atoms with Gasteiger partial charge < -0.3 is 5.11 Å². The van der Waals surface area contributed by atoms with Gasteiger partial charge in [-0.05, 0) is 23.4 Å². The molecule has 0 aliphatic carbocycles. The highest BCUT2D eigenvalue weighted by Crippen LogP contribution is 2.13. The Morgan fingerprint density at radius 2 is 2.42 bits per heavy atom. The van der Waals surface area contributed by atoms with Gasteiger partial charge in [-0.25, -0.2) is 0 Å². The van der Waals surface area contributed by atoms with Crippen LogP contribution in [0, 0.1) is 0 Å². The number of aliphatic hydroxyl groups excluding tert-OH is 1. The van der Waals surface area contributed by atoms with Crippen molar-refractivity contribution in [2.45, 2.75) is 6.42 Å². The molecule has 0 atom stereocenters. The van der Waals surface area contributed by atoms with Crippen LogP contribution in [-0.2, 0) is 0 Å². The maximum atomic E-state index is 10.3. The van der Waals surface area contributed by atoms with E-state index in [1.807, 2.05) is 23.6 Å². The zero-order chi connectivity index (χ0) is 8.81. The molecule has 0 bridgehead atoms. The van der Waals surface area contributed by atoms with Crippen LogP contribution in [0.4, 0.5) is 0 Å². The Bertz CT molecular complexity index is 276. The van der Waals surface area contributed by atoms with Gasteiger partial charge in [0.1, 0.15) is 0 Å². The summed E-state index contributed by atoms with van der Waals surface area (Å²) in [5, 5.41) is 10.4. The van der Waals surface area contributed by atoms with Crippen LogP contribution in [0.5, 0.6) is 0 Å². The fourth-order valence-corrected chi connectivity index (χ4v) is 1.49. The van der Waals surface area contributed by atoms with E-state index < -0.39 is 0 Å². The van der Waals surface area contributed by atoms with Crippen molar-refractivity contribution in [3.63, 3.8) is 0 Å². The number of thiophene rings is 1. The van der Waals surface area contributed by atoms with E-state index in [-0.39, 0.29) is 6.61 Å². The standard InChI is InChI=1S/C9H10O2S/c10-4-2-1-3-8-5-9(6-11)12-7-8/h1,3,5-7,10H,2,4H2. The summed E-state index contributed by atoms with van der Waals surface area (Å²) in [5.74, 6) is 0. The lowest BCUT2D eigenvalue weighted by molar-refractivity contribution is 0.112. The van der Waals surface area contributed by atoms with E-state index in [0.717, 1.165) is 16.7 Å². The molecule has 0 aliphatic heterocycles. The number of rotatable bonds is 4. The monoisotopic (exact) mass is 182 g/mol. The van der Waals surface area contributed by atoms with Gasteiger partial charge in [0.15, 0.2) is 6.29 Å². The fourth-order valence-electron chi connectivity index (χ4n) is 0.812. The smallest absolute Gasteiger partial charge is 0.160 e. The quantitative estimate of drug-likeness (QED) is 0.723. The molecule has 0 aromatic carbocycles. The second kappa shape index (κ2) is 4.85. The van der Waals surface area contributed by atoms with Crippen molar-refractivity contribution in [2.24, 2.45) is 0 Å². The molecule has 1 aromatic heterocycles. The first-order chi connectivity index (χ1) is 5.86. The van der Waals surface area contributed by atoms with Gasteiger partial charge in [-0.3, -0.25) is 4.79 Å². The summed E-state index contributed by atoms with van der Waals surface area (Å²) in [7, 11) is 0. The van der Waals surface area contributed by atoms with Gasteiger partial charge >= 0.3 is 0 Å². The van der Waals surface area contributed by atoms with Crippen LogP contribution in [0.25, 0.3) is 6.08 Å². The Balaban J connectivity index is 2.57. The number of aldehydes is 1. The molecular weight excluding hydrogens is 172 g/mol. The second-order valence-electron chi connectivity index (χ2n) is 2.31. The van der Waals surface area contributed by atoms with Crippen molar-refractivity contribution in [2.75, 3.05) is 6.61 Å². The van der Waals surface area contributed by atoms with Gasteiger partial charge in [-0.2, -0.15) is 0 Å². The van der Waals surface area contributed by atoms with E-state index in [0.29, 0.717) is 6.42 Å². The molecule has 1 rings (SSSR count). The predicted molar refractivity (Wildman–Crippen MR) is 50.4 cm³/mol. The molecule has 1 heterocycles. The molecule has 3 heteroatoms. The van der Waals surface area contributed by atoms with Crippen LogP contribution >= 0.6 is 11.3 Å². The Labute approximate surface area is 75.2 Å². The molecule has 1 N–H and O–H groups in total. The fraction of sp³-hybridized carbons (Fsp3) is 0.222. The van der Waals surface area contributed by atoms with Gasteiger partial charge in [-0.1, -0.05) is 12.2 Å². The molecule has 1 aromatic rings. The maximum Gasteiger partial charge on any atom is 0.160 e. The molecule has 0 saturated heterocycles. The van der Waals surface area contributed by atoms with Crippen LogP contribution in [0.2, 0.25) is 0 Å². The van der Waals surface area contributed by atoms with E-state index in [1.165, 1.54) is 11.3 Å². The third-order valence-corrected chi connectivity index (χ3v) is 2.24. The van der Waals surface area contributed by atoms with Crippen molar-refractivity contribution in [3.8, 4) is 0 Å². The average Bonchev–Trinajstić information content (AvgIpc) is 2.53. The lowest BCUT2D eigenvalue weighted by Gasteiger charge is -1.83. The molecule has 0 spiro atoms. The summed E-state index contributed by atoms with van der Waals surface area (Å²) in [6.45, 7) is 0.168. The Hall–Kier alpha value is -0.930. The zero-order valence-corrected chi connectivity index (χ0v) is 7.38. The van der Waals surface area contributed by atoms with Gasteiger partial charge in [0.2, 0.25) is 0 Å². The summed E-state index contributed by atoms with van der Waals surface area (Å²) in [5.41, 5.74) is 1.02. The average molecular weight is 182 g/mol. The summed E-state index contributed by atoms with van der Waals surface area (Å²) in [6.07, 6.45) is 5.29. The first-order valence-electron chi connectivity index (χ1n) is 3.68. The predicted octanol–water partition coefficient (Wildman–Crippen LogP) is 1.96. The van der Waals surface area contributed by atoms with Gasteiger partial charge in [0.25, 0.3) is 0 Å². The molecular formula is C9H10O2S.